The Bertz CT molecular complexity index is 1050. The number of hydrogen-bond acceptors (Lipinski definition) is 2. The van der Waals surface area contributed by atoms with Crippen molar-refractivity contribution in [1.29, 1.82) is 0 Å². The van der Waals surface area contributed by atoms with Gasteiger partial charge in [-0.2, -0.15) is 0 Å². The van der Waals surface area contributed by atoms with Crippen molar-refractivity contribution in [2.75, 3.05) is 6.26 Å². The normalized spacial score (nSPS) is 12.8. The predicted octanol–water partition coefficient (Wildman–Crippen LogP) is 5.75. The molecule has 0 bridgehead atoms. The Labute approximate surface area is 144 Å². The fourth-order valence-electron chi connectivity index (χ4n) is 2.92. The van der Waals surface area contributed by atoms with Crippen molar-refractivity contribution in [2.24, 2.45) is 0 Å². The van der Waals surface area contributed by atoms with Gasteiger partial charge in [-0.1, -0.05) is 58.4 Å². The monoisotopic (exact) mass is 384 g/mol. The van der Waals surface area contributed by atoms with Crippen LogP contribution in [0.3, 0.4) is 0 Å². The zero-order chi connectivity index (χ0) is 16.0. The summed E-state index contributed by atoms with van der Waals surface area (Å²) in [7, 11) is -1.15. The fraction of sp³-hybridized carbons (Fsp3) is 0.0526. The largest absolute Gasteiger partial charge is 0.455 e. The van der Waals surface area contributed by atoms with Crippen LogP contribution in [0.4, 0.5) is 0 Å². The van der Waals surface area contributed by atoms with Crippen molar-refractivity contribution in [2.45, 2.75) is 4.90 Å². The Morgan fingerprint density at radius 1 is 1.00 bits per heavy atom. The highest BCUT2D eigenvalue weighted by Gasteiger charge is 2.20. The molecule has 0 fully saturated rings. The second kappa shape index (κ2) is 5.62. The molecule has 3 aromatic carbocycles. The lowest BCUT2D eigenvalue weighted by Crippen LogP contribution is -1.89. The predicted molar refractivity (Wildman–Crippen MR) is 99.2 cm³/mol. The second-order valence-corrected chi connectivity index (χ2v) is 7.62. The minimum Gasteiger partial charge on any atom is -0.455 e. The number of fused-ring (bicyclic) bond motifs is 3. The van der Waals surface area contributed by atoms with Crippen LogP contribution in [0.1, 0.15) is 0 Å². The molecule has 0 aliphatic heterocycles. The molecule has 4 aromatic rings. The number of rotatable bonds is 2. The van der Waals surface area contributed by atoms with Gasteiger partial charge in [0, 0.05) is 21.7 Å². The summed E-state index contributed by atoms with van der Waals surface area (Å²) in [4.78, 5) is 0.763. The summed E-state index contributed by atoms with van der Waals surface area (Å²) < 4.78 is 19.6. The van der Waals surface area contributed by atoms with Gasteiger partial charge in [-0.05, 0) is 29.0 Å². The molecule has 0 aliphatic carbocycles. The molecule has 4 rings (SSSR count). The zero-order valence-corrected chi connectivity index (χ0v) is 14.8. The molecule has 4 heteroatoms. The van der Waals surface area contributed by atoms with Gasteiger partial charge in [-0.25, -0.2) is 0 Å². The molecule has 0 radical (unpaired) electrons. The van der Waals surface area contributed by atoms with Crippen molar-refractivity contribution in [1.82, 2.24) is 0 Å². The van der Waals surface area contributed by atoms with Crippen LogP contribution in [-0.4, -0.2) is 10.5 Å². The molecule has 1 atom stereocenters. The molecule has 1 heterocycles. The minimum absolute atomic E-state index is 0.692. The van der Waals surface area contributed by atoms with E-state index in [0.717, 1.165) is 36.7 Å². The van der Waals surface area contributed by atoms with Crippen molar-refractivity contribution < 1.29 is 8.63 Å². The van der Waals surface area contributed by atoms with Gasteiger partial charge in [-0.3, -0.25) is 4.21 Å². The topological polar surface area (TPSA) is 30.2 Å². The van der Waals surface area contributed by atoms with Crippen LogP contribution in [0.15, 0.2) is 74.4 Å². The molecule has 23 heavy (non-hydrogen) atoms. The van der Waals surface area contributed by atoms with Crippen molar-refractivity contribution in [3.63, 3.8) is 0 Å². The smallest absolute Gasteiger partial charge is 0.151 e. The minimum atomic E-state index is -1.15. The third kappa shape index (κ3) is 2.42. The summed E-state index contributed by atoms with van der Waals surface area (Å²) in [5.41, 5.74) is 1.71. The highest BCUT2D eigenvalue weighted by molar-refractivity contribution is 9.10. The molecule has 0 spiro atoms. The number of halogens is 1. The van der Waals surface area contributed by atoms with Crippen molar-refractivity contribution in [3.8, 4) is 11.3 Å². The highest BCUT2D eigenvalue weighted by Crippen LogP contribution is 2.39. The van der Waals surface area contributed by atoms with E-state index in [9.17, 15) is 4.21 Å². The second-order valence-electron chi connectivity index (χ2n) is 5.38. The molecule has 0 saturated heterocycles. The summed E-state index contributed by atoms with van der Waals surface area (Å²) in [6.45, 7) is 0. The fourth-order valence-corrected chi connectivity index (χ4v) is 4.22. The quantitative estimate of drug-likeness (QED) is 0.440. The van der Waals surface area contributed by atoms with Crippen LogP contribution >= 0.6 is 15.9 Å². The van der Waals surface area contributed by atoms with Crippen LogP contribution in [0.5, 0.6) is 0 Å². The van der Waals surface area contributed by atoms with Gasteiger partial charge in [0.05, 0.1) is 15.7 Å². The zero-order valence-electron chi connectivity index (χ0n) is 12.4. The first-order chi connectivity index (χ1) is 11.1. The molecule has 0 saturated carbocycles. The van der Waals surface area contributed by atoms with E-state index in [-0.39, 0.29) is 0 Å². The lowest BCUT2D eigenvalue weighted by atomic mass is 10.1. The summed E-state index contributed by atoms with van der Waals surface area (Å²) in [6.07, 6.45) is 1.70. The summed E-state index contributed by atoms with van der Waals surface area (Å²) in [6, 6.07) is 19.9. The Balaban J connectivity index is 2.16. The molecule has 114 valence electrons. The molecular weight excluding hydrogens is 372 g/mol. The summed E-state index contributed by atoms with van der Waals surface area (Å²) >= 11 is 3.50. The summed E-state index contributed by atoms with van der Waals surface area (Å²) in [5, 5.41) is 3.09. The Kier molecular flexibility index (Phi) is 3.58. The standard InChI is InChI=1S/C19H13BrO2S/c1-23(21)19-17-15-9-8-14(20)11-13(15)7-10-16(17)22-18(19)12-5-3-2-4-6-12/h2-11H,1H3. The average molecular weight is 385 g/mol. The molecule has 1 aromatic heterocycles. The van der Waals surface area contributed by atoms with Gasteiger partial charge < -0.3 is 4.42 Å². The van der Waals surface area contributed by atoms with E-state index in [2.05, 4.69) is 22.0 Å². The highest BCUT2D eigenvalue weighted by atomic mass is 79.9. The van der Waals surface area contributed by atoms with Gasteiger partial charge in [0.1, 0.15) is 5.58 Å². The average Bonchev–Trinajstić information content (AvgIpc) is 2.95. The van der Waals surface area contributed by atoms with E-state index in [1.807, 2.05) is 54.6 Å². The Morgan fingerprint density at radius 2 is 1.78 bits per heavy atom. The van der Waals surface area contributed by atoms with Crippen LogP contribution in [0, 0.1) is 0 Å². The maximum atomic E-state index is 12.5. The number of hydrogen-bond donors (Lipinski definition) is 0. The van der Waals surface area contributed by atoms with Gasteiger partial charge in [0.25, 0.3) is 0 Å². The lowest BCUT2D eigenvalue weighted by molar-refractivity contribution is 0.623. The van der Waals surface area contributed by atoms with Gasteiger partial charge in [0.15, 0.2) is 5.76 Å². The van der Waals surface area contributed by atoms with E-state index in [0.29, 0.717) is 5.76 Å². The van der Waals surface area contributed by atoms with Crippen LogP contribution < -0.4 is 0 Å². The first kappa shape index (κ1) is 14.7. The van der Waals surface area contributed by atoms with Crippen LogP contribution in [-0.2, 0) is 10.8 Å². The maximum Gasteiger partial charge on any atom is 0.151 e. The van der Waals surface area contributed by atoms with Gasteiger partial charge in [-0.15, -0.1) is 0 Å². The van der Waals surface area contributed by atoms with Gasteiger partial charge in [0.2, 0.25) is 0 Å². The van der Waals surface area contributed by atoms with E-state index in [4.69, 9.17) is 4.42 Å². The van der Waals surface area contributed by atoms with E-state index < -0.39 is 10.8 Å². The molecule has 0 aliphatic rings. The first-order valence-electron chi connectivity index (χ1n) is 7.19. The third-order valence-corrected chi connectivity index (χ3v) is 5.37. The van der Waals surface area contributed by atoms with Crippen LogP contribution in [0.25, 0.3) is 33.1 Å². The third-order valence-electron chi connectivity index (χ3n) is 3.91. The Hall–Kier alpha value is -1.91. The van der Waals surface area contributed by atoms with Crippen molar-refractivity contribution in [3.05, 3.63) is 65.1 Å². The molecule has 2 nitrogen and oxygen atoms in total. The summed E-state index contributed by atoms with van der Waals surface area (Å²) in [5.74, 6) is 0.692. The van der Waals surface area contributed by atoms with E-state index in [1.165, 1.54) is 0 Å². The SMILES string of the molecule is CS(=O)c1c(-c2ccccc2)oc2ccc3cc(Br)ccc3c12. The molecular formula is C19H13BrO2S. The Morgan fingerprint density at radius 3 is 2.52 bits per heavy atom. The van der Waals surface area contributed by atoms with Crippen molar-refractivity contribution >= 4 is 48.5 Å². The maximum absolute atomic E-state index is 12.5. The molecule has 0 amide bonds. The lowest BCUT2D eigenvalue weighted by Gasteiger charge is -2.02. The molecule has 1 unspecified atom stereocenters. The first-order valence-corrected chi connectivity index (χ1v) is 9.54. The van der Waals surface area contributed by atoms with Crippen LogP contribution in [0.2, 0.25) is 0 Å². The van der Waals surface area contributed by atoms with E-state index >= 15 is 0 Å². The van der Waals surface area contributed by atoms with E-state index in [1.54, 1.807) is 6.26 Å². The molecule has 0 N–H and O–H groups in total. The van der Waals surface area contributed by atoms with Gasteiger partial charge >= 0.3 is 0 Å². The number of benzene rings is 3. The number of furan rings is 1.